The molecule has 0 saturated heterocycles. The molecule has 5 fully saturated rings. The summed E-state index contributed by atoms with van der Waals surface area (Å²) in [6, 6.07) is 0.799. The van der Waals surface area contributed by atoms with Gasteiger partial charge in [-0.3, -0.25) is 4.90 Å². The molecule has 2 atom stereocenters. The monoisotopic (exact) mass is 290 g/mol. The van der Waals surface area contributed by atoms with Crippen molar-refractivity contribution in [3.05, 3.63) is 0 Å². The van der Waals surface area contributed by atoms with Gasteiger partial charge in [-0.2, -0.15) is 0 Å². The maximum Gasteiger partial charge on any atom is 0.0136 e. The summed E-state index contributed by atoms with van der Waals surface area (Å²) in [7, 11) is 0. The lowest BCUT2D eigenvalue weighted by Gasteiger charge is -2.58. The smallest absolute Gasteiger partial charge is 0.0136 e. The van der Waals surface area contributed by atoms with Crippen molar-refractivity contribution >= 4 is 0 Å². The molecule has 2 unspecified atom stereocenters. The summed E-state index contributed by atoms with van der Waals surface area (Å²) >= 11 is 0. The zero-order chi connectivity index (χ0) is 14.4. The molecule has 2 N–H and O–H groups in total. The molecule has 0 aliphatic heterocycles. The van der Waals surface area contributed by atoms with E-state index in [-0.39, 0.29) is 0 Å². The van der Waals surface area contributed by atoms with Crippen LogP contribution in [0.2, 0.25) is 0 Å². The highest BCUT2D eigenvalue weighted by atomic mass is 15.2. The molecule has 0 heterocycles. The topological polar surface area (TPSA) is 29.3 Å². The van der Waals surface area contributed by atoms with Crippen molar-refractivity contribution in [1.82, 2.24) is 4.90 Å². The molecule has 0 amide bonds. The highest BCUT2D eigenvalue weighted by Crippen LogP contribution is 2.60. The van der Waals surface area contributed by atoms with E-state index in [1.54, 1.807) is 38.5 Å². The van der Waals surface area contributed by atoms with Crippen molar-refractivity contribution < 1.29 is 0 Å². The van der Waals surface area contributed by atoms with Crippen LogP contribution in [0.15, 0.2) is 0 Å². The van der Waals surface area contributed by atoms with Crippen molar-refractivity contribution in [2.24, 2.45) is 34.8 Å². The molecular weight excluding hydrogens is 256 g/mol. The van der Waals surface area contributed by atoms with Crippen LogP contribution in [0.1, 0.15) is 64.7 Å². The van der Waals surface area contributed by atoms with Gasteiger partial charge in [0.15, 0.2) is 0 Å². The van der Waals surface area contributed by atoms with Gasteiger partial charge in [-0.15, -0.1) is 0 Å². The van der Waals surface area contributed by atoms with Gasteiger partial charge in [-0.05, 0) is 93.5 Å². The number of nitrogens with two attached hydrogens (primary N) is 1. The van der Waals surface area contributed by atoms with E-state index in [9.17, 15) is 0 Å². The minimum Gasteiger partial charge on any atom is -0.330 e. The van der Waals surface area contributed by atoms with Crippen molar-refractivity contribution in [2.45, 2.75) is 70.8 Å². The third-order valence-corrected chi connectivity index (χ3v) is 7.50. The second-order valence-corrected chi connectivity index (χ2v) is 8.97. The van der Waals surface area contributed by atoms with Crippen molar-refractivity contribution in [2.75, 3.05) is 19.6 Å². The molecule has 5 aliphatic rings. The number of hydrogen-bond acceptors (Lipinski definition) is 2. The molecule has 5 rings (SSSR count). The molecule has 0 aromatic heterocycles. The summed E-state index contributed by atoms with van der Waals surface area (Å²) in [5.74, 6) is 4.04. The summed E-state index contributed by atoms with van der Waals surface area (Å²) in [5, 5.41) is 0. The quantitative estimate of drug-likeness (QED) is 0.837. The lowest BCUT2D eigenvalue weighted by molar-refractivity contribution is -0.0755. The fourth-order valence-electron chi connectivity index (χ4n) is 7.15. The van der Waals surface area contributed by atoms with E-state index in [1.807, 2.05) is 0 Å². The zero-order valence-electron chi connectivity index (χ0n) is 13.9. The molecule has 0 aromatic carbocycles. The Labute approximate surface area is 130 Å². The first-order chi connectivity index (χ1) is 10.2. The first-order valence-corrected chi connectivity index (χ1v) is 9.65. The van der Waals surface area contributed by atoms with Gasteiger partial charge in [0.1, 0.15) is 0 Å². The Kier molecular flexibility index (Phi) is 3.82. The van der Waals surface area contributed by atoms with E-state index in [4.69, 9.17) is 5.73 Å². The van der Waals surface area contributed by atoms with Crippen LogP contribution in [0.4, 0.5) is 0 Å². The fraction of sp³-hybridized carbons (Fsp3) is 1.00. The van der Waals surface area contributed by atoms with Crippen LogP contribution >= 0.6 is 0 Å². The SMILES string of the molecule is CCN(CC12CC3CC(CC(C3)C1)C2)C1CCCC1CN. The maximum atomic E-state index is 6.05. The highest BCUT2D eigenvalue weighted by Gasteiger charge is 2.51. The van der Waals surface area contributed by atoms with Crippen LogP contribution in [-0.2, 0) is 0 Å². The standard InChI is InChI=1S/C19H34N2/c1-2-21(18-5-3-4-17(18)12-20)13-19-9-14-6-15(10-19)8-16(7-14)11-19/h14-18H,2-13,20H2,1H3. The van der Waals surface area contributed by atoms with Crippen molar-refractivity contribution in [3.63, 3.8) is 0 Å². The average molecular weight is 290 g/mol. The molecule has 5 aliphatic carbocycles. The van der Waals surface area contributed by atoms with Gasteiger partial charge in [0.05, 0.1) is 0 Å². The number of hydrogen-bond donors (Lipinski definition) is 1. The molecular formula is C19H34N2. The van der Waals surface area contributed by atoms with Gasteiger partial charge in [0.2, 0.25) is 0 Å². The van der Waals surface area contributed by atoms with Crippen molar-refractivity contribution in [1.29, 1.82) is 0 Å². The summed E-state index contributed by atoms with van der Waals surface area (Å²) in [4.78, 5) is 2.86. The van der Waals surface area contributed by atoms with Gasteiger partial charge in [0.25, 0.3) is 0 Å². The third kappa shape index (κ3) is 2.57. The molecule has 0 spiro atoms. The summed E-state index contributed by atoms with van der Waals surface area (Å²) in [5.41, 5.74) is 6.75. The first kappa shape index (κ1) is 14.5. The highest BCUT2D eigenvalue weighted by molar-refractivity contribution is 5.03. The Balaban J connectivity index is 1.48. The van der Waals surface area contributed by atoms with Gasteiger partial charge in [-0.25, -0.2) is 0 Å². The number of nitrogens with zero attached hydrogens (tertiary/aromatic N) is 1. The normalized spacial score (nSPS) is 48.4. The Morgan fingerprint density at radius 1 is 1.00 bits per heavy atom. The molecule has 4 bridgehead atoms. The van der Waals surface area contributed by atoms with Crippen LogP contribution in [0, 0.1) is 29.1 Å². The Bertz CT molecular complexity index is 342. The van der Waals surface area contributed by atoms with Crippen LogP contribution in [-0.4, -0.2) is 30.6 Å². The van der Waals surface area contributed by atoms with E-state index in [1.165, 1.54) is 32.4 Å². The van der Waals surface area contributed by atoms with Crippen LogP contribution < -0.4 is 5.73 Å². The predicted octanol–water partition coefficient (Wildman–Crippen LogP) is 3.65. The summed E-state index contributed by atoms with van der Waals surface area (Å²) in [6.07, 6.45) is 13.5. The Hall–Kier alpha value is -0.0800. The molecule has 5 saturated carbocycles. The Morgan fingerprint density at radius 3 is 2.14 bits per heavy atom. The molecule has 0 aromatic rings. The second kappa shape index (κ2) is 5.53. The molecule has 2 heteroatoms. The lowest BCUT2D eigenvalue weighted by Crippen LogP contribution is -2.53. The van der Waals surface area contributed by atoms with Gasteiger partial charge in [-0.1, -0.05) is 13.3 Å². The van der Waals surface area contributed by atoms with Crippen molar-refractivity contribution in [3.8, 4) is 0 Å². The average Bonchev–Trinajstić information content (AvgIpc) is 2.91. The van der Waals surface area contributed by atoms with Crippen LogP contribution in [0.3, 0.4) is 0 Å². The van der Waals surface area contributed by atoms with Gasteiger partial charge < -0.3 is 5.73 Å². The lowest BCUT2D eigenvalue weighted by atomic mass is 9.49. The second-order valence-electron chi connectivity index (χ2n) is 8.97. The van der Waals surface area contributed by atoms with Gasteiger partial charge in [0, 0.05) is 12.6 Å². The maximum absolute atomic E-state index is 6.05. The van der Waals surface area contributed by atoms with E-state index in [0.717, 1.165) is 36.3 Å². The molecule has 2 nitrogen and oxygen atoms in total. The van der Waals surface area contributed by atoms with E-state index >= 15 is 0 Å². The van der Waals surface area contributed by atoms with E-state index in [0.29, 0.717) is 5.41 Å². The van der Waals surface area contributed by atoms with Crippen LogP contribution in [0.25, 0.3) is 0 Å². The third-order valence-electron chi connectivity index (χ3n) is 7.50. The van der Waals surface area contributed by atoms with E-state index < -0.39 is 0 Å². The Morgan fingerprint density at radius 2 is 1.62 bits per heavy atom. The molecule has 120 valence electrons. The first-order valence-electron chi connectivity index (χ1n) is 9.65. The van der Waals surface area contributed by atoms with Gasteiger partial charge >= 0.3 is 0 Å². The molecule has 21 heavy (non-hydrogen) atoms. The minimum atomic E-state index is 0.701. The predicted molar refractivity (Wildman–Crippen MR) is 88.0 cm³/mol. The summed E-state index contributed by atoms with van der Waals surface area (Å²) in [6.45, 7) is 5.92. The number of rotatable bonds is 5. The fourth-order valence-corrected chi connectivity index (χ4v) is 7.15. The minimum absolute atomic E-state index is 0.701. The summed E-state index contributed by atoms with van der Waals surface area (Å²) < 4.78 is 0. The molecule has 0 radical (unpaired) electrons. The van der Waals surface area contributed by atoms with Crippen LogP contribution in [0.5, 0.6) is 0 Å². The van der Waals surface area contributed by atoms with E-state index in [2.05, 4.69) is 11.8 Å². The zero-order valence-corrected chi connectivity index (χ0v) is 13.9. The largest absolute Gasteiger partial charge is 0.330 e.